The normalized spacial score (nSPS) is 25.3. The maximum absolute atomic E-state index is 14.1. The molecule has 1 saturated heterocycles. The molecule has 7 heteroatoms. The number of carbonyl (C=O) groups excluding carboxylic acids is 1. The fourth-order valence-corrected chi connectivity index (χ4v) is 2.48. The monoisotopic (exact) mass is 297 g/mol. The maximum atomic E-state index is 14.1. The van der Waals surface area contributed by atoms with E-state index in [1.165, 1.54) is 19.2 Å². The van der Waals surface area contributed by atoms with Crippen molar-refractivity contribution in [3.63, 3.8) is 0 Å². The van der Waals surface area contributed by atoms with Crippen molar-refractivity contribution in [1.82, 2.24) is 9.55 Å². The van der Waals surface area contributed by atoms with Crippen LogP contribution in [0.2, 0.25) is 0 Å². The molecule has 0 aliphatic carbocycles. The van der Waals surface area contributed by atoms with Gasteiger partial charge in [0, 0.05) is 19.5 Å². The van der Waals surface area contributed by atoms with Gasteiger partial charge >= 0.3 is 5.69 Å². The molecular formula is C14H20FN3O3. The summed E-state index contributed by atoms with van der Waals surface area (Å²) < 4.78 is 20.9. The molecule has 0 aromatic carbocycles. The van der Waals surface area contributed by atoms with E-state index in [9.17, 15) is 14.0 Å². The second-order valence-electron chi connectivity index (χ2n) is 5.71. The Kier molecular flexibility index (Phi) is 4.72. The summed E-state index contributed by atoms with van der Waals surface area (Å²) in [6, 6.07) is 1.45. The third-order valence-electron chi connectivity index (χ3n) is 3.27. The molecule has 21 heavy (non-hydrogen) atoms. The number of hydrogen-bond acceptors (Lipinski definition) is 4. The summed E-state index contributed by atoms with van der Waals surface area (Å²) >= 11 is 0. The number of nitrogens with one attached hydrogen (secondary N) is 1. The van der Waals surface area contributed by atoms with E-state index in [0.717, 1.165) is 11.0 Å². The molecular weight excluding hydrogens is 277 g/mol. The van der Waals surface area contributed by atoms with E-state index in [2.05, 4.69) is 10.3 Å². The van der Waals surface area contributed by atoms with E-state index < -0.39 is 18.1 Å². The lowest BCUT2D eigenvalue weighted by Crippen LogP contribution is -2.31. The lowest BCUT2D eigenvalue weighted by molar-refractivity contribution is -0.114. The van der Waals surface area contributed by atoms with Gasteiger partial charge in [-0.3, -0.25) is 9.36 Å². The summed E-state index contributed by atoms with van der Waals surface area (Å²) in [5.41, 5.74) is -0.640. The summed E-state index contributed by atoms with van der Waals surface area (Å²) in [5, 5.41) is 2.41. The highest BCUT2D eigenvalue weighted by Crippen LogP contribution is 2.33. The van der Waals surface area contributed by atoms with Gasteiger partial charge in [-0.1, -0.05) is 13.8 Å². The second kappa shape index (κ2) is 6.34. The first-order valence-electron chi connectivity index (χ1n) is 7.03. The van der Waals surface area contributed by atoms with Gasteiger partial charge in [0.1, 0.15) is 12.0 Å². The smallest absolute Gasteiger partial charge is 0.351 e. The summed E-state index contributed by atoms with van der Waals surface area (Å²) in [6.45, 7) is 5.40. The highest BCUT2D eigenvalue weighted by molar-refractivity contribution is 5.87. The molecule has 1 fully saturated rings. The van der Waals surface area contributed by atoms with Gasteiger partial charge in [0.05, 0.1) is 6.10 Å². The zero-order valence-electron chi connectivity index (χ0n) is 12.4. The molecule has 1 amide bonds. The Bertz CT molecular complexity index is 573. The average Bonchev–Trinajstić information content (AvgIpc) is 2.68. The number of alkyl halides is 1. The van der Waals surface area contributed by atoms with Gasteiger partial charge < -0.3 is 10.1 Å². The van der Waals surface area contributed by atoms with E-state index in [4.69, 9.17) is 4.74 Å². The topological polar surface area (TPSA) is 73.2 Å². The van der Waals surface area contributed by atoms with Gasteiger partial charge in [-0.25, -0.2) is 9.18 Å². The number of carbonyl (C=O) groups is 1. The maximum Gasteiger partial charge on any atom is 0.351 e. The first kappa shape index (κ1) is 15.6. The van der Waals surface area contributed by atoms with Crippen LogP contribution < -0.4 is 11.0 Å². The number of aromatic nitrogens is 2. The summed E-state index contributed by atoms with van der Waals surface area (Å²) in [6.07, 6.45) is 0.0634. The Morgan fingerprint density at radius 1 is 1.62 bits per heavy atom. The van der Waals surface area contributed by atoms with E-state index >= 15 is 0 Å². The third kappa shape index (κ3) is 3.87. The van der Waals surface area contributed by atoms with Gasteiger partial charge in [0.25, 0.3) is 0 Å². The highest BCUT2D eigenvalue weighted by atomic mass is 19.1. The Hall–Kier alpha value is -1.76. The lowest BCUT2D eigenvalue weighted by atomic mass is 10.0. The SMILES string of the molecule is CC(=O)Nc1ccn(C2OC(CC(C)C)CC2F)c(=O)n1. The average molecular weight is 297 g/mol. The van der Waals surface area contributed by atoms with Crippen LogP contribution in [0.1, 0.15) is 39.8 Å². The fraction of sp³-hybridized carbons (Fsp3) is 0.643. The largest absolute Gasteiger partial charge is 0.351 e. The molecule has 3 unspecified atom stereocenters. The number of hydrogen-bond donors (Lipinski definition) is 1. The van der Waals surface area contributed by atoms with Crippen LogP contribution in [0.4, 0.5) is 10.2 Å². The minimum Gasteiger partial charge on any atom is -0.351 e. The Morgan fingerprint density at radius 2 is 2.33 bits per heavy atom. The van der Waals surface area contributed by atoms with Gasteiger partial charge in [-0.05, 0) is 18.4 Å². The number of nitrogens with zero attached hydrogens (tertiary/aromatic N) is 2. The van der Waals surface area contributed by atoms with Gasteiger partial charge in [-0.15, -0.1) is 0 Å². The fourth-order valence-electron chi connectivity index (χ4n) is 2.48. The molecule has 1 aromatic heterocycles. The minimum atomic E-state index is -1.24. The van der Waals surface area contributed by atoms with Crippen molar-refractivity contribution in [3.05, 3.63) is 22.7 Å². The van der Waals surface area contributed by atoms with Gasteiger partial charge in [0.2, 0.25) is 5.91 Å². The summed E-state index contributed by atoms with van der Waals surface area (Å²) in [7, 11) is 0. The van der Waals surface area contributed by atoms with Crippen molar-refractivity contribution < 1.29 is 13.9 Å². The molecule has 2 heterocycles. The molecule has 0 saturated carbocycles. The molecule has 1 N–H and O–H groups in total. The van der Waals surface area contributed by atoms with E-state index in [1.807, 2.05) is 13.8 Å². The molecule has 0 radical (unpaired) electrons. The molecule has 116 valence electrons. The first-order valence-corrected chi connectivity index (χ1v) is 7.03. The molecule has 1 aliphatic rings. The van der Waals surface area contributed by atoms with Crippen LogP contribution in [-0.4, -0.2) is 27.7 Å². The van der Waals surface area contributed by atoms with E-state index in [1.54, 1.807) is 0 Å². The Morgan fingerprint density at radius 3 is 2.90 bits per heavy atom. The van der Waals surface area contributed by atoms with Crippen molar-refractivity contribution in [2.75, 3.05) is 5.32 Å². The first-order chi connectivity index (χ1) is 9.86. The van der Waals surface area contributed by atoms with Crippen molar-refractivity contribution >= 4 is 11.7 Å². The van der Waals surface area contributed by atoms with Gasteiger partial charge in [0.15, 0.2) is 6.23 Å². The van der Waals surface area contributed by atoms with Crippen LogP contribution in [0.25, 0.3) is 0 Å². The van der Waals surface area contributed by atoms with Crippen LogP contribution in [0, 0.1) is 5.92 Å². The number of rotatable bonds is 4. The van der Waals surface area contributed by atoms with E-state index in [0.29, 0.717) is 5.92 Å². The number of ether oxygens (including phenoxy) is 1. The van der Waals surface area contributed by atoms with Gasteiger partial charge in [-0.2, -0.15) is 4.98 Å². The lowest BCUT2D eigenvalue weighted by Gasteiger charge is -2.17. The second-order valence-corrected chi connectivity index (χ2v) is 5.71. The zero-order valence-corrected chi connectivity index (χ0v) is 12.4. The van der Waals surface area contributed by atoms with Crippen molar-refractivity contribution in [2.24, 2.45) is 5.92 Å². The Balaban J connectivity index is 2.15. The summed E-state index contributed by atoms with van der Waals surface area (Å²) in [5.74, 6) is 0.228. The predicted molar refractivity (Wildman–Crippen MR) is 75.7 cm³/mol. The quantitative estimate of drug-likeness (QED) is 0.921. The van der Waals surface area contributed by atoms with Crippen LogP contribution >= 0.6 is 0 Å². The van der Waals surface area contributed by atoms with Crippen LogP contribution in [0.15, 0.2) is 17.1 Å². The van der Waals surface area contributed by atoms with Crippen molar-refractivity contribution in [2.45, 2.75) is 52.1 Å². The molecule has 1 aliphatic heterocycles. The minimum absolute atomic E-state index is 0.149. The highest BCUT2D eigenvalue weighted by Gasteiger charge is 2.37. The number of halogens is 1. The van der Waals surface area contributed by atoms with Crippen LogP contribution in [0.3, 0.4) is 0 Å². The standard InChI is InChI=1S/C14H20FN3O3/c1-8(2)6-10-7-11(15)13(21-10)18-5-4-12(16-9(3)19)17-14(18)20/h4-5,8,10-11,13H,6-7H2,1-3H3,(H,16,17,19,20). The molecule has 6 nitrogen and oxygen atoms in total. The predicted octanol–water partition coefficient (Wildman–Crippen LogP) is 1.87. The Labute approximate surface area is 122 Å². The van der Waals surface area contributed by atoms with E-state index in [-0.39, 0.29) is 24.2 Å². The van der Waals surface area contributed by atoms with Crippen molar-refractivity contribution in [3.8, 4) is 0 Å². The molecule has 2 rings (SSSR count). The van der Waals surface area contributed by atoms with Crippen LogP contribution in [0.5, 0.6) is 0 Å². The zero-order chi connectivity index (χ0) is 15.6. The summed E-state index contributed by atoms with van der Waals surface area (Å²) in [4.78, 5) is 26.6. The molecule has 0 bridgehead atoms. The molecule has 3 atom stereocenters. The number of amides is 1. The van der Waals surface area contributed by atoms with Crippen molar-refractivity contribution in [1.29, 1.82) is 0 Å². The third-order valence-corrected chi connectivity index (χ3v) is 3.27. The number of anilines is 1. The van der Waals surface area contributed by atoms with Crippen LogP contribution in [-0.2, 0) is 9.53 Å². The molecule has 0 spiro atoms. The molecule has 1 aromatic rings.